The van der Waals surface area contributed by atoms with Crippen molar-refractivity contribution in [3.8, 4) is 0 Å². The third kappa shape index (κ3) is 4.40. The van der Waals surface area contributed by atoms with Crippen LogP contribution in [0.25, 0.3) is 0 Å². The van der Waals surface area contributed by atoms with Crippen molar-refractivity contribution in [2.75, 3.05) is 24.2 Å². The molecule has 6 nitrogen and oxygen atoms in total. The van der Waals surface area contributed by atoms with Crippen LogP contribution in [-0.4, -0.2) is 37.2 Å². The second-order valence-corrected chi connectivity index (χ2v) is 5.87. The van der Waals surface area contributed by atoms with Gasteiger partial charge in [-0.05, 0) is 6.42 Å². The topological polar surface area (TPSA) is 84.0 Å². The Bertz CT molecular complexity index is 493. The van der Waals surface area contributed by atoms with E-state index < -0.39 is 10.0 Å². The Labute approximate surface area is 112 Å². The molecule has 2 N–H and O–H groups in total. The van der Waals surface area contributed by atoms with Crippen LogP contribution in [0.5, 0.6) is 0 Å². The Morgan fingerprint density at radius 2 is 2.06 bits per heavy atom. The maximum atomic E-state index is 11.4. The highest BCUT2D eigenvalue weighted by molar-refractivity contribution is 7.89. The minimum atomic E-state index is -3.22. The summed E-state index contributed by atoms with van der Waals surface area (Å²) in [5.41, 5.74) is 0.792. The van der Waals surface area contributed by atoms with Gasteiger partial charge in [0.05, 0.1) is 5.75 Å². The average Bonchev–Trinajstić information content (AvgIpc) is 2.29. The first-order valence-corrected chi connectivity index (χ1v) is 7.73. The number of anilines is 1. The van der Waals surface area contributed by atoms with Crippen LogP contribution in [0.15, 0.2) is 6.33 Å². The fraction of sp³-hybridized carbons (Fsp3) is 0.600. The number of nitrogens with zero attached hydrogens (tertiary/aromatic N) is 2. The average molecular weight is 293 g/mol. The van der Waals surface area contributed by atoms with Gasteiger partial charge in [-0.15, -0.1) is 0 Å². The van der Waals surface area contributed by atoms with Crippen LogP contribution in [0.3, 0.4) is 0 Å². The molecule has 0 bridgehead atoms. The molecule has 0 fully saturated rings. The summed E-state index contributed by atoms with van der Waals surface area (Å²) in [6, 6.07) is 0. The summed E-state index contributed by atoms with van der Waals surface area (Å²) in [5, 5.41) is 3.36. The zero-order valence-electron chi connectivity index (χ0n) is 10.4. The molecule has 1 aromatic heterocycles. The van der Waals surface area contributed by atoms with E-state index >= 15 is 0 Å². The highest BCUT2D eigenvalue weighted by atomic mass is 35.5. The molecule has 1 heterocycles. The summed E-state index contributed by atoms with van der Waals surface area (Å²) in [6.45, 7) is 4.34. The van der Waals surface area contributed by atoms with Gasteiger partial charge in [0, 0.05) is 18.7 Å². The van der Waals surface area contributed by atoms with Crippen molar-refractivity contribution in [2.45, 2.75) is 20.3 Å². The van der Waals surface area contributed by atoms with Crippen molar-refractivity contribution in [1.82, 2.24) is 14.7 Å². The molecule has 1 rings (SSSR count). The van der Waals surface area contributed by atoms with E-state index in [-0.39, 0.29) is 12.3 Å². The summed E-state index contributed by atoms with van der Waals surface area (Å²) >= 11 is 5.93. The van der Waals surface area contributed by atoms with Crippen LogP contribution in [0.1, 0.15) is 19.4 Å². The summed E-state index contributed by atoms with van der Waals surface area (Å²) in [7, 11) is -3.22. The molecule has 0 amide bonds. The van der Waals surface area contributed by atoms with Crippen LogP contribution >= 0.6 is 11.6 Å². The Hall–Kier alpha value is -0.920. The molecule has 0 saturated heterocycles. The van der Waals surface area contributed by atoms with Crippen LogP contribution in [0.2, 0.25) is 5.15 Å². The fourth-order valence-electron chi connectivity index (χ4n) is 1.45. The molecule has 0 aromatic carbocycles. The number of halogens is 1. The van der Waals surface area contributed by atoms with Gasteiger partial charge in [-0.3, -0.25) is 0 Å². The van der Waals surface area contributed by atoms with Crippen molar-refractivity contribution in [1.29, 1.82) is 0 Å². The smallest absolute Gasteiger partial charge is 0.213 e. The highest BCUT2D eigenvalue weighted by Gasteiger charge is 2.10. The number of aromatic nitrogens is 2. The van der Waals surface area contributed by atoms with Crippen molar-refractivity contribution < 1.29 is 8.42 Å². The molecule has 18 heavy (non-hydrogen) atoms. The van der Waals surface area contributed by atoms with E-state index in [2.05, 4.69) is 20.0 Å². The van der Waals surface area contributed by atoms with Crippen molar-refractivity contribution in [3.05, 3.63) is 17.0 Å². The molecular weight excluding hydrogens is 276 g/mol. The second-order valence-electron chi connectivity index (χ2n) is 3.59. The molecule has 0 aliphatic heterocycles. The van der Waals surface area contributed by atoms with Crippen LogP contribution < -0.4 is 10.0 Å². The Balaban J connectivity index is 2.62. The largest absolute Gasteiger partial charge is 0.369 e. The van der Waals surface area contributed by atoms with E-state index in [0.717, 1.165) is 5.56 Å². The molecule has 0 spiro atoms. The number of nitrogens with one attached hydrogen (secondary N) is 2. The first kappa shape index (κ1) is 15.1. The van der Waals surface area contributed by atoms with Gasteiger partial charge in [-0.1, -0.05) is 25.4 Å². The summed E-state index contributed by atoms with van der Waals surface area (Å²) in [4.78, 5) is 7.93. The maximum absolute atomic E-state index is 11.4. The first-order valence-electron chi connectivity index (χ1n) is 5.70. The lowest BCUT2D eigenvalue weighted by molar-refractivity contribution is 0.584. The summed E-state index contributed by atoms with van der Waals surface area (Å²) in [5.74, 6) is 0.579. The van der Waals surface area contributed by atoms with Gasteiger partial charge in [0.25, 0.3) is 0 Å². The number of sulfonamides is 1. The van der Waals surface area contributed by atoms with Gasteiger partial charge >= 0.3 is 0 Å². The van der Waals surface area contributed by atoms with E-state index in [9.17, 15) is 8.42 Å². The standard InChI is InChI=1S/C10H17ClN4O2S/c1-3-8-9(11)13-7-14-10(8)12-5-6-18(16,17)15-4-2/h7,15H,3-6H2,1-2H3,(H,12,13,14). The van der Waals surface area contributed by atoms with E-state index in [4.69, 9.17) is 11.6 Å². The van der Waals surface area contributed by atoms with Crippen molar-refractivity contribution in [2.24, 2.45) is 0 Å². The molecule has 0 radical (unpaired) electrons. The maximum Gasteiger partial charge on any atom is 0.213 e. The number of rotatable bonds is 7. The minimum Gasteiger partial charge on any atom is -0.369 e. The van der Waals surface area contributed by atoms with Crippen LogP contribution in [0, 0.1) is 0 Å². The van der Waals surface area contributed by atoms with Gasteiger partial charge in [-0.25, -0.2) is 23.1 Å². The molecule has 0 aliphatic carbocycles. The predicted octanol–water partition coefficient (Wildman–Crippen LogP) is 1.04. The normalized spacial score (nSPS) is 11.5. The zero-order chi connectivity index (χ0) is 13.6. The lowest BCUT2D eigenvalue weighted by Crippen LogP contribution is -2.29. The summed E-state index contributed by atoms with van der Waals surface area (Å²) < 4.78 is 25.3. The van der Waals surface area contributed by atoms with Crippen molar-refractivity contribution in [3.63, 3.8) is 0 Å². The Morgan fingerprint density at radius 1 is 1.33 bits per heavy atom. The third-order valence-corrected chi connectivity index (χ3v) is 4.07. The highest BCUT2D eigenvalue weighted by Crippen LogP contribution is 2.19. The fourth-order valence-corrected chi connectivity index (χ4v) is 2.67. The van der Waals surface area contributed by atoms with E-state index in [1.165, 1.54) is 6.33 Å². The molecule has 0 saturated carbocycles. The molecular formula is C10H17ClN4O2S. The Morgan fingerprint density at radius 3 is 2.67 bits per heavy atom. The Kier molecular flexibility index (Phi) is 5.77. The molecule has 0 unspecified atom stereocenters. The minimum absolute atomic E-state index is 0.00832. The molecule has 1 aromatic rings. The third-order valence-electron chi connectivity index (χ3n) is 2.27. The second kappa shape index (κ2) is 6.86. The SMILES string of the molecule is CCNS(=O)(=O)CCNc1ncnc(Cl)c1CC. The van der Waals surface area contributed by atoms with Crippen LogP contribution in [0.4, 0.5) is 5.82 Å². The van der Waals surface area contributed by atoms with Crippen molar-refractivity contribution >= 4 is 27.4 Å². The quantitative estimate of drug-likeness (QED) is 0.734. The van der Waals surface area contributed by atoms with Gasteiger partial charge in [-0.2, -0.15) is 0 Å². The lowest BCUT2D eigenvalue weighted by Gasteiger charge is -2.10. The van der Waals surface area contributed by atoms with E-state index in [1.54, 1.807) is 6.92 Å². The van der Waals surface area contributed by atoms with Gasteiger partial charge < -0.3 is 5.32 Å². The van der Waals surface area contributed by atoms with E-state index in [0.29, 0.717) is 23.9 Å². The number of hydrogen-bond acceptors (Lipinski definition) is 5. The molecule has 0 aliphatic rings. The lowest BCUT2D eigenvalue weighted by atomic mass is 10.2. The molecule has 102 valence electrons. The zero-order valence-corrected chi connectivity index (χ0v) is 12.0. The first-order chi connectivity index (χ1) is 8.50. The summed E-state index contributed by atoms with van der Waals surface area (Å²) in [6.07, 6.45) is 2.03. The molecule has 0 atom stereocenters. The van der Waals surface area contributed by atoms with E-state index in [1.807, 2.05) is 6.92 Å². The van der Waals surface area contributed by atoms with Gasteiger partial charge in [0.15, 0.2) is 0 Å². The molecule has 8 heteroatoms. The monoisotopic (exact) mass is 292 g/mol. The van der Waals surface area contributed by atoms with Gasteiger partial charge in [0.2, 0.25) is 10.0 Å². The predicted molar refractivity (Wildman–Crippen MR) is 72.4 cm³/mol. The van der Waals surface area contributed by atoms with Gasteiger partial charge in [0.1, 0.15) is 17.3 Å². The van der Waals surface area contributed by atoms with Crippen LogP contribution in [-0.2, 0) is 16.4 Å². The number of hydrogen-bond donors (Lipinski definition) is 2.